The molecule has 11 heavy (non-hydrogen) atoms. The molecular formula is C8H12NOS. The van der Waals surface area contributed by atoms with E-state index in [1.165, 1.54) is 0 Å². The maximum atomic E-state index is 5.40. The van der Waals surface area contributed by atoms with E-state index in [-0.39, 0.29) is 0 Å². The van der Waals surface area contributed by atoms with Crippen LogP contribution in [0.5, 0.6) is 0 Å². The molecule has 0 saturated heterocycles. The van der Waals surface area contributed by atoms with Crippen LogP contribution in [0.2, 0.25) is 0 Å². The number of hydrogen-bond acceptors (Lipinski definition) is 2. The predicted octanol–water partition coefficient (Wildman–Crippen LogP) is 2.04. The first-order chi connectivity index (χ1) is 5.22. The second-order valence-corrected chi connectivity index (χ2v) is 3.04. The molecule has 0 bridgehead atoms. The van der Waals surface area contributed by atoms with Crippen LogP contribution >= 0.6 is 12.6 Å². The van der Waals surface area contributed by atoms with Gasteiger partial charge < -0.3 is 9.32 Å². The zero-order chi connectivity index (χ0) is 8.27. The maximum absolute atomic E-state index is 5.40. The van der Waals surface area contributed by atoms with E-state index in [4.69, 9.17) is 17.0 Å². The normalized spacial score (nSPS) is 10.9. The molecule has 0 N–H and O–H groups in total. The molecule has 0 saturated carbocycles. The molecule has 0 aliphatic heterocycles. The van der Waals surface area contributed by atoms with Crippen molar-refractivity contribution in [2.24, 2.45) is 0 Å². The molecule has 1 aromatic heterocycles. The van der Waals surface area contributed by atoms with Crippen LogP contribution in [0.15, 0.2) is 16.5 Å². The fourth-order valence-electron chi connectivity index (χ4n) is 0.897. The van der Waals surface area contributed by atoms with E-state index in [0.717, 1.165) is 18.1 Å². The van der Waals surface area contributed by atoms with Crippen LogP contribution in [0.25, 0.3) is 0 Å². The third-order valence-electron chi connectivity index (χ3n) is 1.33. The van der Waals surface area contributed by atoms with Crippen molar-refractivity contribution in [3.05, 3.63) is 23.7 Å². The van der Waals surface area contributed by atoms with Crippen molar-refractivity contribution in [3.63, 3.8) is 0 Å². The Morgan fingerprint density at radius 3 is 2.45 bits per heavy atom. The third kappa shape index (κ3) is 2.60. The Labute approximate surface area is 72.6 Å². The molecule has 1 heterocycles. The minimum Gasteiger partial charge on any atom is -0.464 e. The Balaban J connectivity index is 2.58. The predicted molar refractivity (Wildman–Crippen MR) is 47.4 cm³/mol. The molecule has 1 radical (unpaired) electrons. The monoisotopic (exact) mass is 170 g/mol. The molecule has 0 unspecified atom stereocenters. The number of furan rings is 1. The summed E-state index contributed by atoms with van der Waals surface area (Å²) in [7, 11) is 4.02. The summed E-state index contributed by atoms with van der Waals surface area (Å²) in [6.45, 7) is 0.843. The molecule has 2 nitrogen and oxygen atoms in total. The standard InChI is InChI=1S/C8H12NOS/c1-9(2)5-7-3-4-8(6-11)10-7/h3-4H,5-6H2,1-2H3. The summed E-state index contributed by atoms with van der Waals surface area (Å²) >= 11 is 4.84. The molecule has 1 rings (SSSR count). The Morgan fingerprint density at radius 1 is 1.36 bits per heavy atom. The quantitative estimate of drug-likeness (QED) is 0.690. The highest BCUT2D eigenvalue weighted by molar-refractivity contribution is 7.79. The second-order valence-electron chi connectivity index (χ2n) is 2.75. The highest BCUT2D eigenvalue weighted by Gasteiger charge is 2.00. The second kappa shape index (κ2) is 3.83. The molecule has 0 amide bonds. The molecule has 61 valence electrons. The Kier molecular flexibility index (Phi) is 3.02. The first-order valence-corrected chi connectivity index (χ1v) is 4.10. The van der Waals surface area contributed by atoms with Crippen molar-refractivity contribution in [1.29, 1.82) is 0 Å². The van der Waals surface area contributed by atoms with Gasteiger partial charge in [0.2, 0.25) is 0 Å². The lowest BCUT2D eigenvalue weighted by molar-refractivity contribution is 0.344. The van der Waals surface area contributed by atoms with Crippen LogP contribution in [-0.4, -0.2) is 19.0 Å². The van der Waals surface area contributed by atoms with E-state index in [1.807, 2.05) is 26.2 Å². The Bertz CT molecular complexity index is 220. The van der Waals surface area contributed by atoms with Crippen LogP contribution in [-0.2, 0) is 12.3 Å². The Hall–Kier alpha value is -0.410. The van der Waals surface area contributed by atoms with Crippen molar-refractivity contribution in [1.82, 2.24) is 4.90 Å². The van der Waals surface area contributed by atoms with Crippen molar-refractivity contribution in [3.8, 4) is 0 Å². The minimum atomic E-state index is 0.563. The van der Waals surface area contributed by atoms with Crippen LogP contribution in [0.3, 0.4) is 0 Å². The van der Waals surface area contributed by atoms with E-state index in [2.05, 4.69) is 4.90 Å². The molecule has 0 aliphatic carbocycles. The molecule has 0 atom stereocenters. The number of nitrogens with zero attached hydrogens (tertiary/aromatic N) is 1. The van der Waals surface area contributed by atoms with Gasteiger partial charge in [0.15, 0.2) is 0 Å². The van der Waals surface area contributed by atoms with Crippen molar-refractivity contribution in [2.45, 2.75) is 12.3 Å². The lowest BCUT2D eigenvalue weighted by Crippen LogP contribution is -2.09. The molecule has 0 fully saturated rings. The lowest BCUT2D eigenvalue weighted by atomic mass is 10.4. The van der Waals surface area contributed by atoms with Gasteiger partial charge in [-0.05, 0) is 26.2 Å². The fraction of sp³-hybridized carbons (Fsp3) is 0.500. The van der Waals surface area contributed by atoms with E-state index >= 15 is 0 Å². The van der Waals surface area contributed by atoms with Crippen LogP contribution < -0.4 is 0 Å². The minimum absolute atomic E-state index is 0.563. The van der Waals surface area contributed by atoms with Crippen LogP contribution in [0, 0.1) is 0 Å². The molecular weight excluding hydrogens is 158 g/mol. The van der Waals surface area contributed by atoms with E-state index in [9.17, 15) is 0 Å². The summed E-state index contributed by atoms with van der Waals surface area (Å²) in [6, 6.07) is 3.91. The summed E-state index contributed by atoms with van der Waals surface area (Å²) in [4.78, 5) is 2.06. The molecule has 0 spiro atoms. The molecule has 1 aromatic rings. The zero-order valence-electron chi connectivity index (χ0n) is 6.83. The molecule has 0 aromatic carbocycles. The number of rotatable bonds is 3. The average Bonchev–Trinajstić information content (AvgIpc) is 2.34. The van der Waals surface area contributed by atoms with Gasteiger partial charge in [-0.2, -0.15) is 0 Å². The smallest absolute Gasteiger partial charge is 0.118 e. The van der Waals surface area contributed by atoms with Crippen LogP contribution in [0.4, 0.5) is 0 Å². The van der Waals surface area contributed by atoms with Gasteiger partial charge in [-0.25, -0.2) is 0 Å². The first kappa shape index (κ1) is 8.68. The van der Waals surface area contributed by atoms with Crippen molar-refractivity contribution < 1.29 is 4.42 Å². The largest absolute Gasteiger partial charge is 0.464 e. The molecule has 0 aliphatic rings. The maximum Gasteiger partial charge on any atom is 0.118 e. The van der Waals surface area contributed by atoms with Gasteiger partial charge in [-0.3, -0.25) is 0 Å². The first-order valence-electron chi connectivity index (χ1n) is 3.53. The fourth-order valence-corrected chi connectivity index (χ4v) is 1.05. The van der Waals surface area contributed by atoms with E-state index in [1.54, 1.807) is 0 Å². The summed E-state index contributed by atoms with van der Waals surface area (Å²) in [5.41, 5.74) is 0. The highest BCUT2D eigenvalue weighted by Crippen LogP contribution is 2.10. The summed E-state index contributed by atoms with van der Waals surface area (Å²) in [5, 5.41) is 0. The van der Waals surface area contributed by atoms with Gasteiger partial charge in [0, 0.05) is 0 Å². The third-order valence-corrected chi connectivity index (χ3v) is 1.62. The van der Waals surface area contributed by atoms with E-state index < -0.39 is 0 Å². The Morgan fingerprint density at radius 2 is 2.00 bits per heavy atom. The van der Waals surface area contributed by atoms with Gasteiger partial charge in [0.25, 0.3) is 0 Å². The average molecular weight is 170 g/mol. The van der Waals surface area contributed by atoms with Gasteiger partial charge in [-0.1, -0.05) is 12.6 Å². The zero-order valence-corrected chi connectivity index (χ0v) is 7.65. The van der Waals surface area contributed by atoms with Gasteiger partial charge in [0.05, 0.1) is 12.3 Å². The van der Waals surface area contributed by atoms with Gasteiger partial charge in [0.1, 0.15) is 11.5 Å². The van der Waals surface area contributed by atoms with Crippen LogP contribution in [0.1, 0.15) is 11.5 Å². The summed E-state index contributed by atoms with van der Waals surface area (Å²) in [6.07, 6.45) is 0. The summed E-state index contributed by atoms with van der Waals surface area (Å²) < 4.78 is 5.40. The van der Waals surface area contributed by atoms with Gasteiger partial charge in [-0.15, -0.1) is 0 Å². The topological polar surface area (TPSA) is 16.4 Å². The van der Waals surface area contributed by atoms with Crippen molar-refractivity contribution in [2.75, 3.05) is 14.1 Å². The SMILES string of the molecule is CN(C)Cc1ccc(C[S])o1. The number of hydrogen-bond donors (Lipinski definition) is 0. The van der Waals surface area contributed by atoms with E-state index in [0.29, 0.717) is 5.75 Å². The highest BCUT2D eigenvalue weighted by atomic mass is 32.1. The molecule has 3 heteroatoms. The summed E-state index contributed by atoms with van der Waals surface area (Å²) in [5.74, 6) is 2.43. The van der Waals surface area contributed by atoms with Gasteiger partial charge >= 0.3 is 0 Å². The lowest BCUT2D eigenvalue weighted by Gasteiger charge is -2.05. The van der Waals surface area contributed by atoms with Crippen molar-refractivity contribution >= 4 is 12.6 Å².